The molecule has 2 saturated heterocycles. The highest BCUT2D eigenvalue weighted by atomic mass is 32.2. The van der Waals surface area contributed by atoms with Gasteiger partial charge in [0.1, 0.15) is 18.0 Å². The molecule has 4 atom stereocenters. The maximum absolute atomic E-state index is 13.7. The zero-order chi connectivity index (χ0) is 30.7. The van der Waals surface area contributed by atoms with Crippen molar-refractivity contribution in [2.75, 3.05) is 6.61 Å². The fraction of sp³-hybridized carbons (Fsp3) is 0.323. The van der Waals surface area contributed by atoms with Gasteiger partial charge < -0.3 is 19.1 Å². The molecule has 0 N–H and O–H groups in total. The molecule has 0 unspecified atom stereocenters. The van der Waals surface area contributed by atoms with Crippen LogP contribution < -0.4 is 0 Å². The van der Waals surface area contributed by atoms with Crippen molar-refractivity contribution in [1.29, 1.82) is 0 Å². The third kappa shape index (κ3) is 6.00. The average Bonchev–Trinajstić information content (AvgIpc) is 3.20. The third-order valence-corrected chi connectivity index (χ3v) is 9.93. The van der Waals surface area contributed by atoms with Crippen LogP contribution in [0.5, 0.6) is 0 Å². The largest absolute Gasteiger partial charge is 0.508 e. The number of hydrogen-bond donors (Lipinski definition) is 0. The molecule has 3 aromatic carbocycles. The Balaban J connectivity index is 1.19. The third-order valence-electron chi connectivity index (χ3n) is 7.68. The standard InChI is InChI=1S/C31H30N2O9S/c1-31(2)26(29(35)42-25(21-9-5-3-6-10-21)22-11-7-4-8-12-22)32-27(34)24(28(32)43(31)39)17-18-40-30(36)41-19-20-13-15-23(16-14-20)33(37)38/h3-16,24-26,28H,17-19H2,1-2H3/t24-,26+,28-,43-/m1/s1. The summed E-state index contributed by atoms with van der Waals surface area (Å²) in [5, 5.41) is 10.0. The predicted octanol–water partition coefficient (Wildman–Crippen LogP) is 4.66. The minimum atomic E-state index is -1.59. The van der Waals surface area contributed by atoms with E-state index >= 15 is 0 Å². The first-order chi connectivity index (χ1) is 20.6. The number of nitro groups is 1. The Morgan fingerprint density at radius 1 is 0.953 bits per heavy atom. The molecule has 2 fully saturated rings. The maximum atomic E-state index is 13.7. The van der Waals surface area contributed by atoms with E-state index in [9.17, 15) is 28.7 Å². The van der Waals surface area contributed by atoms with Gasteiger partial charge in [-0.3, -0.25) is 19.1 Å². The molecule has 2 aliphatic rings. The maximum Gasteiger partial charge on any atom is 0.508 e. The quantitative estimate of drug-likeness (QED) is 0.139. The van der Waals surface area contributed by atoms with Crippen LogP contribution in [0, 0.1) is 16.0 Å². The molecular weight excluding hydrogens is 576 g/mol. The number of nitro benzene ring substituents is 1. The van der Waals surface area contributed by atoms with Crippen LogP contribution in [-0.2, 0) is 41.2 Å². The summed E-state index contributed by atoms with van der Waals surface area (Å²) in [5.41, 5.74) is 1.98. The second-order valence-electron chi connectivity index (χ2n) is 10.8. The van der Waals surface area contributed by atoms with Crippen LogP contribution in [0.1, 0.15) is 43.1 Å². The van der Waals surface area contributed by atoms with Crippen molar-refractivity contribution in [3.8, 4) is 0 Å². The molecule has 0 spiro atoms. The number of benzene rings is 3. The number of rotatable bonds is 10. The second kappa shape index (κ2) is 12.3. The van der Waals surface area contributed by atoms with Crippen LogP contribution in [0.2, 0.25) is 0 Å². The van der Waals surface area contributed by atoms with Crippen molar-refractivity contribution in [2.24, 2.45) is 5.92 Å². The second-order valence-corrected chi connectivity index (χ2v) is 12.9. The molecule has 3 aromatic rings. The Morgan fingerprint density at radius 2 is 1.53 bits per heavy atom. The van der Waals surface area contributed by atoms with Crippen molar-refractivity contribution >= 4 is 34.5 Å². The average molecular weight is 607 g/mol. The van der Waals surface area contributed by atoms with E-state index in [0.29, 0.717) is 5.56 Å². The Kier molecular flexibility index (Phi) is 8.58. The van der Waals surface area contributed by atoms with Gasteiger partial charge in [0.2, 0.25) is 5.91 Å². The Hall–Kier alpha value is -4.58. The first-order valence-corrected chi connectivity index (χ1v) is 14.9. The highest BCUT2D eigenvalue weighted by Gasteiger charge is 2.67. The van der Waals surface area contributed by atoms with E-state index in [0.717, 1.165) is 11.1 Å². The summed E-state index contributed by atoms with van der Waals surface area (Å²) in [4.78, 5) is 50.6. The minimum absolute atomic E-state index is 0.0827. The van der Waals surface area contributed by atoms with Crippen molar-refractivity contribution in [2.45, 2.75) is 49.1 Å². The van der Waals surface area contributed by atoms with Gasteiger partial charge in [0.25, 0.3) is 5.69 Å². The first kappa shape index (κ1) is 29.9. The van der Waals surface area contributed by atoms with Gasteiger partial charge in [-0.2, -0.15) is 0 Å². The number of β-lactam (4-membered cyclic amide) rings is 1. The van der Waals surface area contributed by atoms with Gasteiger partial charge in [0, 0.05) is 12.1 Å². The molecule has 11 nitrogen and oxygen atoms in total. The van der Waals surface area contributed by atoms with E-state index in [2.05, 4.69) is 0 Å². The van der Waals surface area contributed by atoms with E-state index in [1.165, 1.54) is 29.2 Å². The number of amides is 1. The minimum Gasteiger partial charge on any atom is -0.451 e. The van der Waals surface area contributed by atoms with Gasteiger partial charge in [0.15, 0.2) is 6.10 Å². The fourth-order valence-corrected chi connectivity index (χ4v) is 7.46. The van der Waals surface area contributed by atoms with Crippen LogP contribution in [0.15, 0.2) is 84.9 Å². The predicted molar refractivity (Wildman–Crippen MR) is 155 cm³/mol. The topological polar surface area (TPSA) is 142 Å². The number of carbonyl (C=O) groups excluding carboxylic acids is 3. The lowest BCUT2D eigenvalue weighted by Gasteiger charge is -2.43. The van der Waals surface area contributed by atoms with Crippen LogP contribution in [-0.4, -0.2) is 54.8 Å². The van der Waals surface area contributed by atoms with Gasteiger partial charge in [-0.1, -0.05) is 60.7 Å². The monoisotopic (exact) mass is 606 g/mol. The molecule has 0 aliphatic carbocycles. The van der Waals surface area contributed by atoms with E-state index in [4.69, 9.17) is 14.2 Å². The molecule has 5 rings (SSSR count). The Bertz CT molecular complexity index is 1490. The summed E-state index contributed by atoms with van der Waals surface area (Å²) in [5.74, 6) is -1.69. The van der Waals surface area contributed by atoms with E-state index < -0.39 is 56.0 Å². The van der Waals surface area contributed by atoms with Gasteiger partial charge >= 0.3 is 12.1 Å². The summed E-state index contributed by atoms with van der Waals surface area (Å²) >= 11 is 0. The number of nitrogens with zero attached hydrogens (tertiary/aromatic N) is 2. The number of carbonyl (C=O) groups is 3. The first-order valence-electron chi connectivity index (χ1n) is 13.7. The highest BCUT2D eigenvalue weighted by Crippen LogP contribution is 2.48. The molecular formula is C31H30N2O9S. The van der Waals surface area contributed by atoms with Crippen molar-refractivity contribution in [3.63, 3.8) is 0 Å². The van der Waals surface area contributed by atoms with E-state index in [1.807, 2.05) is 60.7 Å². The van der Waals surface area contributed by atoms with Gasteiger partial charge in [0.05, 0.1) is 33.0 Å². The SMILES string of the molecule is CC1(C)[C@H](C(=O)OC(c2ccccc2)c2ccccc2)N2C(=O)[C@@H](CCOC(=O)OCc3ccc([N+](=O)[O-])cc3)[C@H]2[S@]1=O. The summed E-state index contributed by atoms with van der Waals surface area (Å²) < 4.78 is 28.7. The van der Waals surface area contributed by atoms with Crippen molar-refractivity contribution < 1.29 is 37.7 Å². The van der Waals surface area contributed by atoms with Crippen molar-refractivity contribution in [3.05, 3.63) is 112 Å². The molecule has 2 aliphatic heterocycles. The lowest BCUT2D eigenvalue weighted by molar-refractivity contribution is -0.384. The number of hydrogen-bond acceptors (Lipinski definition) is 9. The molecule has 0 aromatic heterocycles. The van der Waals surface area contributed by atoms with Gasteiger partial charge in [-0.25, -0.2) is 9.59 Å². The van der Waals surface area contributed by atoms with Crippen LogP contribution >= 0.6 is 0 Å². The van der Waals surface area contributed by atoms with E-state index in [-0.39, 0.29) is 31.2 Å². The Morgan fingerprint density at radius 3 is 2.09 bits per heavy atom. The molecule has 1 amide bonds. The number of fused-ring (bicyclic) bond motifs is 1. The molecule has 12 heteroatoms. The summed E-state index contributed by atoms with van der Waals surface area (Å²) in [6.07, 6.45) is -1.58. The number of ether oxygens (including phenoxy) is 3. The normalized spacial score (nSPS) is 21.9. The van der Waals surface area contributed by atoms with Crippen LogP contribution in [0.25, 0.3) is 0 Å². The van der Waals surface area contributed by atoms with Gasteiger partial charge in [-0.15, -0.1) is 0 Å². The molecule has 43 heavy (non-hydrogen) atoms. The zero-order valence-corrected chi connectivity index (χ0v) is 24.3. The molecule has 0 radical (unpaired) electrons. The highest BCUT2D eigenvalue weighted by molar-refractivity contribution is 7.87. The van der Waals surface area contributed by atoms with E-state index in [1.54, 1.807) is 13.8 Å². The molecule has 2 heterocycles. The molecule has 0 bridgehead atoms. The van der Waals surface area contributed by atoms with Gasteiger partial charge in [-0.05, 0) is 49.1 Å². The van der Waals surface area contributed by atoms with Crippen LogP contribution in [0.3, 0.4) is 0 Å². The number of esters is 1. The molecule has 224 valence electrons. The Labute approximate surface area is 250 Å². The lowest BCUT2D eigenvalue weighted by atomic mass is 9.89. The molecule has 0 saturated carbocycles. The zero-order valence-electron chi connectivity index (χ0n) is 23.5. The fourth-order valence-electron chi connectivity index (χ4n) is 5.43. The van der Waals surface area contributed by atoms with Crippen LogP contribution in [0.4, 0.5) is 10.5 Å². The summed E-state index contributed by atoms with van der Waals surface area (Å²) in [6, 6.07) is 23.0. The summed E-state index contributed by atoms with van der Waals surface area (Å²) in [7, 11) is -1.59. The number of non-ortho nitro benzene ring substituents is 1. The summed E-state index contributed by atoms with van der Waals surface area (Å²) in [6.45, 7) is 3.06. The lowest BCUT2D eigenvalue weighted by Crippen LogP contribution is -2.63. The van der Waals surface area contributed by atoms with Crippen molar-refractivity contribution in [1.82, 2.24) is 4.90 Å². The smallest absolute Gasteiger partial charge is 0.451 e.